The zero-order chi connectivity index (χ0) is 19.5. The maximum Gasteiger partial charge on any atom is 0.118 e. The summed E-state index contributed by atoms with van der Waals surface area (Å²) in [5, 5.41) is 13.3. The van der Waals surface area contributed by atoms with Gasteiger partial charge in [0.2, 0.25) is 0 Å². The molecule has 30 heavy (non-hydrogen) atoms. The second-order valence-electron chi connectivity index (χ2n) is 7.19. The van der Waals surface area contributed by atoms with E-state index in [4.69, 9.17) is 5.10 Å². The lowest BCUT2D eigenvalue weighted by molar-refractivity contribution is -0.00000567. The molecule has 0 aliphatic heterocycles. The first-order chi connectivity index (χ1) is 14.4. The lowest BCUT2D eigenvalue weighted by Gasteiger charge is -2.27. The Balaban J connectivity index is 0.00000218. The number of benzene rings is 4. The van der Waals surface area contributed by atoms with Crippen LogP contribution in [0.4, 0.5) is 0 Å². The minimum Gasteiger partial charge on any atom is -1.00 e. The van der Waals surface area contributed by atoms with E-state index in [2.05, 4.69) is 120 Å². The molecule has 4 aromatic carbocycles. The zero-order valence-corrected chi connectivity index (χ0v) is 18.9. The van der Waals surface area contributed by atoms with Gasteiger partial charge < -0.3 is 17.0 Å². The Kier molecular flexibility index (Phi) is 6.13. The molecule has 0 radical (unpaired) electrons. The van der Waals surface area contributed by atoms with Crippen LogP contribution in [0, 0.1) is 0 Å². The van der Waals surface area contributed by atoms with E-state index < -0.39 is 7.26 Å². The van der Waals surface area contributed by atoms with E-state index in [9.17, 15) is 0 Å². The molecule has 2 nitrogen and oxygen atoms in total. The predicted molar refractivity (Wildman–Crippen MR) is 125 cm³/mol. The molecule has 4 heteroatoms. The van der Waals surface area contributed by atoms with Crippen molar-refractivity contribution in [2.24, 2.45) is 0 Å². The van der Waals surface area contributed by atoms with Crippen molar-refractivity contribution in [2.75, 3.05) is 0 Å². The summed E-state index contributed by atoms with van der Waals surface area (Å²) >= 11 is 0. The minimum absolute atomic E-state index is 0. The number of hydrogen-bond donors (Lipinski definition) is 1. The molecule has 0 aliphatic rings. The van der Waals surface area contributed by atoms with Gasteiger partial charge in [-0.2, -0.15) is 5.10 Å². The topological polar surface area (TPSA) is 28.7 Å². The first-order valence-electron chi connectivity index (χ1n) is 9.85. The summed E-state index contributed by atoms with van der Waals surface area (Å²) in [5.41, 5.74) is 2.22. The van der Waals surface area contributed by atoms with Crippen molar-refractivity contribution in [3.63, 3.8) is 0 Å². The highest BCUT2D eigenvalue weighted by Crippen LogP contribution is 2.58. The van der Waals surface area contributed by atoms with E-state index in [1.165, 1.54) is 21.3 Å². The van der Waals surface area contributed by atoms with Crippen LogP contribution in [0.1, 0.15) is 5.69 Å². The van der Waals surface area contributed by atoms with Gasteiger partial charge in [0.15, 0.2) is 0 Å². The van der Waals surface area contributed by atoms with Gasteiger partial charge in [0.05, 0.1) is 5.52 Å². The smallest absolute Gasteiger partial charge is 0.118 e. The van der Waals surface area contributed by atoms with Crippen LogP contribution in [0.25, 0.3) is 10.9 Å². The molecule has 1 N–H and O–H groups in total. The number of halogens is 1. The number of H-pyrrole nitrogens is 1. The third-order valence-electron chi connectivity index (χ3n) is 5.53. The predicted octanol–water partition coefficient (Wildman–Crippen LogP) is 2.06. The molecule has 148 valence electrons. The second-order valence-corrected chi connectivity index (χ2v) is 10.7. The molecule has 0 atom stereocenters. The van der Waals surface area contributed by atoms with E-state index in [-0.39, 0.29) is 17.0 Å². The number of aromatic nitrogens is 2. The molecule has 0 unspecified atom stereocenters. The number of fused-ring (bicyclic) bond motifs is 1. The van der Waals surface area contributed by atoms with Gasteiger partial charge in [-0.3, -0.25) is 5.10 Å². The van der Waals surface area contributed by atoms with Crippen molar-refractivity contribution in [1.29, 1.82) is 0 Å². The molecular formula is C26H22BrN2P. The largest absolute Gasteiger partial charge is 1.00 e. The lowest BCUT2D eigenvalue weighted by Crippen LogP contribution is -3.00. The Morgan fingerprint density at radius 3 is 1.50 bits per heavy atom. The zero-order valence-electron chi connectivity index (χ0n) is 16.4. The van der Waals surface area contributed by atoms with E-state index in [0.29, 0.717) is 0 Å². The standard InChI is InChI=1S/C26H22N2P.BrH/c1-4-12-21(13-5-1)29(22-14-6-2-7-15-22,23-16-8-3-9-17-23)20-26-24-18-10-11-19-25(24)27-28-26;/h1-19H,20H2,(H,27,28);1H/q+1;/p-1. The number of hydrogen-bond acceptors (Lipinski definition) is 1. The molecule has 0 spiro atoms. The van der Waals surface area contributed by atoms with Crippen molar-refractivity contribution in [3.8, 4) is 0 Å². The fourth-order valence-corrected chi connectivity index (χ4v) is 8.31. The van der Waals surface area contributed by atoms with Crippen LogP contribution in [0.5, 0.6) is 0 Å². The van der Waals surface area contributed by atoms with Crippen LogP contribution in [-0.2, 0) is 6.16 Å². The fourth-order valence-electron chi connectivity index (χ4n) is 4.13. The van der Waals surface area contributed by atoms with Crippen molar-refractivity contribution < 1.29 is 17.0 Å². The van der Waals surface area contributed by atoms with E-state index in [1.54, 1.807) is 0 Å². The number of nitrogens with zero attached hydrogens (tertiary/aromatic N) is 1. The van der Waals surface area contributed by atoms with E-state index >= 15 is 0 Å². The van der Waals surface area contributed by atoms with Gasteiger partial charge >= 0.3 is 0 Å². The molecule has 0 aliphatic carbocycles. The van der Waals surface area contributed by atoms with Gasteiger partial charge in [-0.05, 0) is 42.5 Å². The van der Waals surface area contributed by atoms with E-state index in [1.807, 2.05) is 0 Å². The average Bonchev–Trinajstić information content (AvgIpc) is 3.22. The first-order valence-corrected chi connectivity index (χ1v) is 11.8. The number of aromatic amines is 1. The van der Waals surface area contributed by atoms with Crippen molar-refractivity contribution >= 4 is 34.1 Å². The average molecular weight is 473 g/mol. The van der Waals surface area contributed by atoms with E-state index in [0.717, 1.165) is 17.4 Å². The first kappa shape index (κ1) is 20.5. The lowest BCUT2D eigenvalue weighted by atomic mass is 10.2. The molecule has 0 saturated carbocycles. The Bertz CT molecular complexity index is 1120. The molecule has 0 amide bonds. The number of rotatable bonds is 5. The third kappa shape index (κ3) is 3.60. The van der Waals surface area contributed by atoms with Crippen molar-refractivity contribution in [1.82, 2.24) is 10.2 Å². The second kappa shape index (κ2) is 8.95. The highest BCUT2D eigenvalue weighted by Gasteiger charge is 2.46. The molecule has 1 aromatic heterocycles. The Morgan fingerprint density at radius 2 is 1.00 bits per heavy atom. The van der Waals surface area contributed by atoms with Crippen LogP contribution in [-0.4, -0.2) is 10.2 Å². The van der Waals surface area contributed by atoms with Gasteiger partial charge in [-0.1, -0.05) is 72.8 Å². The normalized spacial score (nSPS) is 11.2. The Labute approximate surface area is 188 Å². The van der Waals surface area contributed by atoms with Crippen molar-refractivity contribution in [3.05, 3.63) is 121 Å². The van der Waals surface area contributed by atoms with Gasteiger partial charge in [-0.25, -0.2) is 0 Å². The van der Waals surface area contributed by atoms with Gasteiger partial charge in [0.1, 0.15) is 35.0 Å². The maximum absolute atomic E-state index is 4.76. The summed E-state index contributed by atoms with van der Waals surface area (Å²) in [5.74, 6) is 0. The highest BCUT2D eigenvalue weighted by molar-refractivity contribution is 7.95. The maximum atomic E-state index is 4.76. The summed E-state index contributed by atoms with van der Waals surface area (Å²) in [6.45, 7) is 0. The summed E-state index contributed by atoms with van der Waals surface area (Å²) in [4.78, 5) is 0. The van der Waals surface area contributed by atoms with Crippen LogP contribution in [0.3, 0.4) is 0 Å². The van der Waals surface area contributed by atoms with Gasteiger partial charge in [0.25, 0.3) is 0 Å². The summed E-state index contributed by atoms with van der Waals surface area (Å²) in [6.07, 6.45) is 0.884. The monoisotopic (exact) mass is 472 g/mol. The molecule has 1 heterocycles. The summed E-state index contributed by atoms with van der Waals surface area (Å²) in [7, 11) is -1.93. The SMILES string of the molecule is [Br-].c1ccc([P+](Cc2n[nH]c3ccccc23)(c2ccccc2)c2ccccc2)cc1. The molecule has 5 aromatic rings. The van der Waals surface area contributed by atoms with Crippen LogP contribution in [0.15, 0.2) is 115 Å². The number of nitrogens with one attached hydrogen (secondary N) is 1. The third-order valence-corrected chi connectivity index (χ3v) is 9.84. The molecule has 0 saturated heterocycles. The quantitative estimate of drug-likeness (QED) is 0.389. The molecule has 0 bridgehead atoms. The fraction of sp³-hybridized carbons (Fsp3) is 0.0385. The Hall–Kier alpha value is -2.74. The van der Waals surface area contributed by atoms with Gasteiger partial charge in [-0.15, -0.1) is 0 Å². The minimum atomic E-state index is -1.93. The summed E-state index contributed by atoms with van der Waals surface area (Å²) in [6, 6.07) is 41.3. The highest BCUT2D eigenvalue weighted by atomic mass is 79.9. The van der Waals surface area contributed by atoms with Gasteiger partial charge in [0, 0.05) is 5.39 Å². The summed E-state index contributed by atoms with van der Waals surface area (Å²) < 4.78 is 0. The molecule has 5 rings (SSSR count). The van der Waals surface area contributed by atoms with Crippen LogP contribution >= 0.6 is 7.26 Å². The Morgan fingerprint density at radius 1 is 0.567 bits per heavy atom. The molecule has 0 fully saturated rings. The van der Waals surface area contributed by atoms with Crippen molar-refractivity contribution in [2.45, 2.75) is 6.16 Å². The molecular weight excluding hydrogens is 451 g/mol. The van der Waals surface area contributed by atoms with Crippen LogP contribution < -0.4 is 32.9 Å². The number of para-hydroxylation sites is 1. The van der Waals surface area contributed by atoms with Crippen LogP contribution in [0.2, 0.25) is 0 Å².